The number of hydrogen-bond acceptors (Lipinski definition) is 3. The summed E-state index contributed by atoms with van der Waals surface area (Å²) in [5.74, 6) is -0.368. The van der Waals surface area contributed by atoms with Crippen LogP contribution >= 0.6 is 0 Å². The molecule has 0 atom stereocenters. The predicted octanol–water partition coefficient (Wildman–Crippen LogP) is 2.79. The van der Waals surface area contributed by atoms with E-state index in [1.54, 1.807) is 6.07 Å². The molecule has 0 amide bonds. The van der Waals surface area contributed by atoms with E-state index in [9.17, 15) is 4.79 Å². The number of nitrogens with two attached hydrogens (primary N) is 1. The Bertz CT molecular complexity index is 391. The first-order valence-electron chi connectivity index (χ1n) is 5.45. The maximum atomic E-state index is 11.8. The first-order chi connectivity index (χ1) is 7.33. The van der Waals surface area contributed by atoms with Gasteiger partial charge >= 0.3 is 5.97 Å². The van der Waals surface area contributed by atoms with Gasteiger partial charge in [-0.3, -0.25) is 0 Å². The lowest BCUT2D eigenvalue weighted by Crippen LogP contribution is -2.24. The van der Waals surface area contributed by atoms with Gasteiger partial charge in [-0.15, -0.1) is 0 Å². The van der Waals surface area contributed by atoms with Gasteiger partial charge in [-0.1, -0.05) is 13.0 Å². The molecule has 3 heteroatoms. The highest BCUT2D eigenvalue weighted by Gasteiger charge is 2.19. The Morgan fingerprint density at radius 2 is 2.00 bits per heavy atom. The van der Waals surface area contributed by atoms with Crippen LogP contribution in [0.15, 0.2) is 18.2 Å². The summed E-state index contributed by atoms with van der Waals surface area (Å²) >= 11 is 0. The quantitative estimate of drug-likeness (QED) is 0.617. The van der Waals surface area contributed by atoms with Gasteiger partial charge in [0.15, 0.2) is 0 Å². The van der Waals surface area contributed by atoms with Crippen LogP contribution in [0.5, 0.6) is 0 Å². The number of ether oxygens (including phenoxy) is 1. The molecule has 88 valence electrons. The summed E-state index contributed by atoms with van der Waals surface area (Å²) < 4.78 is 5.26. The Morgan fingerprint density at radius 3 is 2.44 bits per heavy atom. The maximum absolute atomic E-state index is 11.8. The summed E-state index contributed by atoms with van der Waals surface area (Å²) in [5.41, 5.74) is 7.36. The third kappa shape index (κ3) is 3.26. The third-order valence-corrected chi connectivity index (χ3v) is 2.14. The molecule has 0 aromatic heterocycles. The van der Waals surface area contributed by atoms with Gasteiger partial charge in [0.2, 0.25) is 0 Å². The van der Waals surface area contributed by atoms with Crippen LogP contribution in [-0.2, 0) is 11.2 Å². The molecule has 0 saturated carbocycles. The molecule has 1 aromatic carbocycles. The van der Waals surface area contributed by atoms with E-state index in [-0.39, 0.29) is 5.97 Å². The molecule has 2 N–H and O–H groups in total. The molecule has 0 aliphatic heterocycles. The van der Waals surface area contributed by atoms with Crippen molar-refractivity contribution in [1.82, 2.24) is 0 Å². The van der Waals surface area contributed by atoms with E-state index >= 15 is 0 Å². The SMILES string of the molecule is CCc1ccc(C(=O)OC(C)(C)C)c(N)c1. The van der Waals surface area contributed by atoms with Crippen molar-refractivity contribution in [2.45, 2.75) is 39.7 Å². The maximum Gasteiger partial charge on any atom is 0.340 e. The Morgan fingerprint density at radius 1 is 1.38 bits per heavy atom. The molecule has 0 spiro atoms. The summed E-state index contributed by atoms with van der Waals surface area (Å²) in [6.45, 7) is 7.55. The van der Waals surface area contributed by atoms with Crippen molar-refractivity contribution in [2.75, 3.05) is 5.73 Å². The number of carbonyl (C=O) groups excluding carboxylic acids is 1. The average molecular weight is 221 g/mol. The number of rotatable bonds is 2. The number of hydrogen-bond donors (Lipinski definition) is 1. The molecule has 0 aliphatic carbocycles. The highest BCUT2D eigenvalue weighted by Crippen LogP contribution is 2.18. The summed E-state index contributed by atoms with van der Waals surface area (Å²) in [4.78, 5) is 11.8. The molecular weight excluding hydrogens is 202 g/mol. The van der Waals surface area contributed by atoms with E-state index < -0.39 is 5.60 Å². The van der Waals surface area contributed by atoms with Gasteiger partial charge in [-0.05, 0) is 44.9 Å². The lowest BCUT2D eigenvalue weighted by Gasteiger charge is -2.20. The Kier molecular flexibility index (Phi) is 3.58. The fraction of sp³-hybridized carbons (Fsp3) is 0.462. The summed E-state index contributed by atoms with van der Waals surface area (Å²) in [7, 11) is 0. The van der Waals surface area contributed by atoms with Crippen molar-refractivity contribution in [3.8, 4) is 0 Å². The monoisotopic (exact) mass is 221 g/mol. The van der Waals surface area contributed by atoms with E-state index in [0.717, 1.165) is 12.0 Å². The zero-order valence-electron chi connectivity index (χ0n) is 10.3. The zero-order valence-corrected chi connectivity index (χ0v) is 10.3. The summed E-state index contributed by atoms with van der Waals surface area (Å²) in [5, 5.41) is 0. The molecule has 1 rings (SSSR count). The second kappa shape index (κ2) is 4.56. The molecule has 0 unspecified atom stereocenters. The standard InChI is InChI=1S/C13H19NO2/c1-5-9-6-7-10(11(14)8-9)12(15)16-13(2,3)4/h6-8H,5,14H2,1-4H3. The molecule has 0 heterocycles. The lowest BCUT2D eigenvalue weighted by molar-refractivity contribution is 0.00708. The molecule has 0 bridgehead atoms. The van der Waals surface area contributed by atoms with Crippen LogP contribution in [0, 0.1) is 0 Å². The van der Waals surface area contributed by atoms with Crippen molar-refractivity contribution in [3.63, 3.8) is 0 Å². The van der Waals surface area contributed by atoms with Crippen LogP contribution < -0.4 is 5.73 Å². The molecule has 16 heavy (non-hydrogen) atoms. The van der Waals surface area contributed by atoms with Crippen molar-refractivity contribution >= 4 is 11.7 Å². The van der Waals surface area contributed by atoms with Gasteiger partial charge in [0, 0.05) is 5.69 Å². The second-order valence-corrected chi connectivity index (χ2v) is 4.78. The molecule has 0 aliphatic rings. The second-order valence-electron chi connectivity index (χ2n) is 4.78. The topological polar surface area (TPSA) is 52.3 Å². The first-order valence-corrected chi connectivity index (χ1v) is 5.45. The van der Waals surface area contributed by atoms with E-state index in [0.29, 0.717) is 11.3 Å². The summed E-state index contributed by atoms with van der Waals surface area (Å²) in [6, 6.07) is 5.44. The smallest absolute Gasteiger partial charge is 0.340 e. The molecular formula is C13H19NO2. The van der Waals surface area contributed by atoms with Gasteiger partial charge < -0.3 is 10.5 Å². The molecule has 3 nitrogen and oxygen atoms in total. The van der Waals surface area contributed by atoms with Gasteiger partial charge in [0.25, 0.3) is 0 Å². The van der Waals surface area contributed by atoms with Crippen LogP contribution in [0.3, 0.4) is 0 Å². The van der Waals surface area contributed by atoms with E-state index in [2.05, 4.69) is 0 Å². The number of benzene rings is 1. The average Bonchev–Trinajstić information content (AvgIpc) is 2.14. The van der Waals surface area contributed by atoms with Crippen LogP contribution in [0.4, 0.5) is 5.69 Å². The third-order valence-electron chi connectivity index (χ3n) is 2.14. The van der Waals surface area contributed by atoms with Gasteiger partial charge in [-0.2, -0.15) is 0 Å². The van der Waals surface area contributed by atoms with Crippen LogP contribution in [0.2, 0.25) is 0 Å². The van der Waals surface area contributed by atoms with Gasteiger partial charge in [-0.25, -0.2) is 4.79 Å². The van der Waals surface area contributed by atoms with Crippen molar-refractivity contribution in [2.24, 2.45) is 0 Å². The van der Waals surface area contributed by atoms with Crippen LogP contribution in [0.1, 0.15) is 43.6 Å². The highest BCUT2D eigenvalue weighted by molar-refractivity contribution is 5.95. The molecule has 0 radical (unpaired) electrons. The predicted molar refractivity (Wildman–Crippen MR) is 65.4 cm³/mol. The molecule has 0 saturated heterocycles. The van der Waals surface area contributed by atoms with E-state index in [4.69, 9.17) is 10.5 Å². The number of aryl methyl sites for hydroxylation is 1. The van der Waals surface area contributed by atoms with Gasteiger partial charge in [0.1, 0.15) is 5.60 Å². The summed E-state index contributed by atoms with van der Waals surface area (Å²) in [6.07, 6.45) is 0.902. The van der Waals surface area contributed by atoms with Gasteiger partial charge in [0.05, 0.1) is 5.56 Å². The normalized spacial score (nSPS) is 11.2. The highest BCUT2D eigenvalue weighted by atomic mass is 16.6. The number of nitrogen functional groups attached to an aromatic ring is 1. The van der Waals surface area contributed by atoms with E-state index in [1.807, 2.05) is 39.8 Å². The van der Waals surface area contributed by atoms with Crippen molar-refractivity contribution in [1.29, 1.82) is 0 Å². The minimum Gasteiger partial charge on any atom is -0.456 e. The van der Waals surface area contributed by atoms with E-state index in [1.165, 1.54) is 0 Å². The minimum atomic E-state index is -0.493. The largest absolute Gasteiger partial charge is 0.456 e. The molecule has 0 fully saturated rings. The van der Waals surface area contributed by atoms with Crippen LogP contribution in [0.25, 0.3) is 0 Å². The number of esters is 1. The van der Waals surface area contributed by atoms with Crippen LogP contribution in [-0.4, -0.2) is 11.6 Å². The lowest BCUT2D eigenvalue weighted by atomic mass is 10.1. The fourth-order valence-corrected chi connectivity index (χ4v) is 1.35. The van der Waals surface area contributed by atoms with Crippen molar-refractivity contribution < 1.29 is 9.53 Å². The number of anilines is 1. The Labute approximate surface area is 96.6 Å². The minimum absolute atomic E-state index is 0.368. The van der Waals surface area contributed by atoms with Crippen molar-refractivity contribution in [3.05, 3.63) is 29.3 Å². The first kappa shape index (κ1) is 12.6. The Balaban J connectivity index is 2.93. The number of carbonyl (C=O) groups is 1. The zero-order chi connectivity index (χ0) is 12.3. The molecule has 1 aromatic rings. The fourth-order valence-electron chi connectivity index (χ4n) is 1.35. The Hall–Kier alpha value is -1.51.